The van der Waals surface area contributed by atoms with Gasteiger partial charge in [0.25, 0.3) is 0 Å². The summed E-state index contributed by atoms with van der Waals surface area (Å²) in [5.74, 6) is -0.122. The lowest BCUT2D eigenvalue weighted by molar-refractivity contribution is -0.142. The maximum Gasteiger partial charge on any atom is 0.333 e. The van der Waals surface area contributed by atoms with Gasteiger partial charge in [0.2, 0.25) is 0 Å². The first kappa shape index (κ1) is 20.7. The number of carboxylic acids is 1. The molecule has 0 aliphatic heterocycles. The minimum atomic E-state index is -1.49. The van der Waals surface area contributed by atoms with Crippen LogP contribution < -0.4 is 14.8 Å². The molecule has 30 heavy (non-hydrogen) atoms. The van der Waals surface area contributed by atoms with Gasteiger partial charge >= 0.3 is 5.97 Å². The molecule has 6 nitrogen and oxygen atoms in total. The van der Waals surface area contributed by atoms with E-state index in [1.165, 1.54) is 14.2 Å². The number of hydrogen-bond acceptors (Lipinski definition) is 5. The molecule has 0 aromatic heterocycles. The van der Waals surface area contributed by atoms with Gasteiger partial charge in [-0.25, -0.2) is 4.79 Å². The highest BCUT2D eigenvalue weighted by Crippen LogP contribution is 2.41. The minimum absolute atomic E-state index is 0.432. The highest BCUT2D eigenvalue weighted by molar-refractivity contribution is 5.89. The smallest absolute Gasteiger partial charge is 0.333 e. The summed E-state index contributed by atoms with van der Waals surface area (Å²) in [5, 5.41) is 22.3. The van der Waals surface area contributed by atoms with E-state index in [2.05, 4.69) is 11.4 Å². The number of benzene rings is 3. The van der Waals surface area contributed by atoms with Gasteiger partial charge in [-0.1, -0.05) is 30.3 Å². The summed E-state index contributed by atoms with van der Waals surface area (Å²) in [6.07, 6.45) is 0. The van der Waals surface area contributed by atoms with Crippen molar-refractivity contribution in [2.45, 2.75) is 12.5 Å². The Morgan fingerprint density at radius 3 is 2.13 bits per heavy atom. The predicted octanol–water partition coefficient (Wildman–Crippen LogP) is 4.65. The summed E-state index contributed by atoms with van der Waals surface area (Å²) in [6, 6.07) is 21.7. The second-order valence-electron chi connectivity index (χ2n) is 6.86. The molecule has 0 radical (unpaired) electrons. The molecule has 3 aromatic carbocycles. The number of nitrogens with one attached hydrogen (secondary N) is 1. The number of anilines is 1. The highest BCUT2D eigenvalue weighted by Gasteiger charge is 2.38. The molecule has 0 bridgehead atoms. The fraction of sp³-hybridized carbons (Fsp3) is 0.167. The van der Waals surface area contributed by atoms with Crippen molar-refractivity contribution < 1.29 is 19.4 Å². The van der Waals surface area contributed by atoms with Crippen LogP contribution in [0, 0.1) is 11.3 Å². The second kappa shape index (κ2) is 8.58. The molecule has 6 heteroatoms. The van der Waals surface area contributed by atoms with Crippen molar-refractivity contribution >= 4 is 11.7 Å². The minimum Gasteiger partial charge on any atom is -0.493 e. The van der Waals surface area contributed by atoms with Crippen LogP contribution in [0.3, 0.4) is 0 Å². The fourth-order valence-electron chi connectivity index (χ4n) is 3.30. The quantitative estimate of drug-likeness (QED) is 0.597. The number of carboxylic acid groups (broad SMARTS) is 1. The van der Waals surface area contributed by atoms with Gasteiger partial charge in [0.05, 0.1) is 25.9 Å². The van der Waals surface area contributed by atoms with Crippen LogP contribution in [0.2, 0.25) is 0 Å². The van der Waals surface area contributed by atoms with Gasteiger partial charge in [0, 0.05) is 11.3 Å². The average molecular weight is 402 g/mol. The van der Waals surface area contributed by atoms with Crippen LogP contribution in [0.5, 0.6) is 11.5 Å². The van der Waals surface area contributed by atoms with E-state index in [0.717, 1.165) is 5.56 Å². The van der Waals surface area contributed by atoms with Gasteiger partial charge < -0.3 is 19.9 Å². The standard InChI is InChI=1S/C24H22N2O4/c1-24(23(27)28,26-18-11-9-16(15-25)10-12-18)20-14-22(30-3)21(29-2)13-19(20)17-7-5-4-6-8-17/h4-14,26H,1-3H3,(H,27,28). The number of rotatable bonds is 7. The summed E-state index contributed by atoms with van der Waals surface area (Å²) in [7, 11) is 3.05. The first-order valence-electron chi connectivity index (χ1n) is 9.26. The van der Waals surface area contributed by atoms with Crippen LogP contribution in [0.4, 0.5) is 5.69 Å². The first-order chi connectivity index (χ1) is 14.4. The van der Waals surface area contributed by atoms with E-state index in [-0.39, 0.29) is 0 Å². The van der Waals surface area contributed by atoms with Gasteiger partial charge in [-0.2, -0.15) is 5.26 Å². The largest absolute Gasteiger partial charge is 0.493 e. The van der Waals surface area contributed by atoms with E-state index in [0.29, 0.717) is 33.9 Å². The summed E-state index contributed by atoms with van der Waals surface area (Å²) >= 11 is 0. The number of nitriles is 1. The zero-order chi connectivity index (χ0) is 21.7. The van der Waals surface area contributed by atoms with Gasteiger partial charge in [-0.15, -0.1) is 0 Å². The Bertz CT molecular complexity index is 1090. The van der Waals surface area contributed by atoms with E-state index in [9.17, 15) is 9.90 Å². The van der Waals surface area contributed by atoms with Crippen molar-refractivity contribution in [3.63, 3.8) is 0 Å². The molecule has 0 aliphatic carbocycles. The monoisotopic (exact) mass is 402 g/mol. The lowest BCUT2D eigenvalue weighted by atomic mass is 9.84. The van der Waals surface area contributed by atoms with Crippen LogP contribution in [-0.2, 0) is 10.3 Å². The van der Waals surface area contributed by atoms with Crippen molar-refractivity contribution in [3.05, 3.63) is 77.9 Å². The Morgan fingerprint density at radius 1 is 1.00 bits per heavy atom. The third-order valence-electron chi connectivity index (χ3n) is 4.98. The third-order valence-corrected chi connectivity index (χ3v) is 4.98. The van der Waals surface area contributed by atoms with E-state index < -0.39 is 11.5 Å². The lowest BCUT2D eigenvalue weighted by Gasteiger charge is -2.31. The highest BCUT2D eigenvalue weighted by atomic mass is 16.5. The third kappa shape index (κ3) is 3.91. The molecular formula is C24H22N2O4. The van der Waals surface area contributed by atoms with E-state index in [1.807, 2.05) is 30.3 Å². The summed E-state index contributed by atoms with van der Waals surface area (Å²) in [5.41, 5.74) is 1.66. The van der Waals surface area contributed by atoms with Gasteiger partial charge in [-0.3, -0.25) is 0 Å². The molecule has 0 aliphatic rings. The number of nitrogens with zero attached hydrogens (tertiary/aromatic N) is 1. The van der Waals surface area contributed by atoms with Gasteiger partial charge in [-0.05, 0) is 54.4 Å². The van der Waals surface area contributed by atoms with E-state index >= 15 is 0 Å². The van der Waals surface area contributed by atoms with Gasteiger partial charge in [0.1, 0.15) is 0 Å². The van der Waals surface area contributed by atoms with E-state index in [4.69, 9.17) is 14.7 Å². The summed E-state index contributed by atoms with van der Waals surface area (Å²) in [6.45, 7) is 1.60. The maximum atomic E-state index is 12.5. The molecule has 0 spiro atoms. The predicted molar refractivity (Wildman–Crippen MR) is 115 cm³/mol. The summed E-state index contributed by atoms with van der Waals surface area (Å²) < 4.78 is 10.9. The Morgan fingerprint density at radius 2 is 1.60 bits per heavy atom. The molecule has 3 rings (SSSR count). The van der Waals surface area contributed by atoms with Crippen molar-refractivity contribution in [1.82, 2.24) is 0 Å². The number of aliphatic carboxylic acids is 1. The fourth-order valence-corrected chi connectivity index (χ4v) is 3.30. The number of methoxy groups -OCH3 is 2. The SMILES string of the molecule is COc1cc(-c2ccccc2)c(C(C)(Nc2ccc(C#N)cc2)C(=O)O)cc1OC. The van der Waals surface area contributed by atoms with Gasteiger partial charge in [0.15, 0.2) is 17.0 Å². The second-order valence-corrected chi connectivity index (χ2v) is 6.86. The lowest BCUT2D eigenvalue weighted by Crippen LogP contribution is -2.41. The normalized spacial score (nSPS) is 12.3. The zero-order valence-corrected chi connectivity index (χ0v) is 17.0. The number of hydrogen-bond donors (Lipinski definition) is 2. The van der Waals surface area contributed by atoms with Crippen LogP contribution in [0.1, 0.15) is 18.1 Å². The van der Waals surface area contributed by atoms with E-state index in [1.54, 1.807) is 43.3 Å². The van der Waals surface area contributed by atoms with Crippen LogP contribution in [0.15, 0.2) is 66.7 Å². The molecule has 3 aromatic rings. The zero-order valence-electron chi connectivity index (χ0n) is 17.0. The van der Waals surface area contributed by atoms with Crippen molar-refractivity contribution in [1.29, 1.82) is 5.26 Å². The molecule has 0 amide bonds. The van der Waals surface area contributed by atoms with Crippen molar-refractivity contribution in [2.24, 2.45) is 0 Å². The Kier molecular flexibility index (Phi) is 5.93. The van der Waals surface area contributed by atoms with Crippen LogP contribution in [0.25, 0.3) is 11.1 Å². The Balaban J connectivity index is 2.21. The Hall–Kier alpha value is -3.98. The molecule has 0 fully saturated rings. The number of ether oxygens (including phenoxy) is 2. The first-order valence-corrected chi connectivity index (χ1v) is 9.26. The van der Waals surface area contributed by atoms with Crippen LogP contribution in [-0.4, -0.2) is 25.3 Å². The molecule has 152 valence electrons. The van der Waals surface area contributed by atoms with Crippen LogP contribution >= 0.6 is 0 Å². The van der Waals surface area contributed by atoms with Crippen molar-refractivity contribution in [2.75, 3.05) is 19.5 Å². The topological polar surface area (TPSA) is 91.6 Å². The molecule has 2 N–H and O–H groups in total. The molecule has 0 saturated carbocycles. The molecule has 0 saturated heterocycles. The Labute approximate surface area is 175 Å². The summed E-state index contributed by atoms with van der Waals surface area (Å²) in [4.78, 5) is 12.5. The van der Waals surface area contributed by atoms with Crippen molar-refractivity contribution in [3.8, 4) is 28.7 Å². The molecule has 1 atom stereocenters. The molecular weight excluding hydrogens is 380 g/mol. The average Bonchev–Trinajstić information content (AvgIpc) is 2.79. The molecule has 0 heterocycles. The molecule has 1 unspecified atom stereocenters. The number of carbonyl (C=O) groups is 1. The maximum absolute atomic E-state index is 12.5.